The molecular formula is C34H46N2O2. The van der Waals surface area contributed by atoms with Gasteiger partial charge in [0.25, 0.3) is 0 Å². The van der Waals surface area contributed by atoms with Crippen LogP contribution in [0.4, 0.5) is 0 Å². The van der Waals surface area contributed by atoms with E-state index in [0.717, 1.165) is 57.5 Å². The number of ether oxygens (including phenoxy) is 1. The standard InChI is InChI=1S/C34H46N2O2/c1-24(2)38-32-17-9-16-29-28(32)15-10-19-34(29)23-35-22-30(34)33(37)36-20-18-27(25-11-5-3-6-12-25)21-31(36)26-13-7-4-8-14-26/h3,5-6,9,11-12,16-17,24,26-27,30-31,35H,4,7-8,10,13-15,18-23H2,1-2H3. The summed E-state index contributed by atoms with van der Waals surface area (Å²) in [5.41, 5.74) is 4.06. The van der Waals surface area contributed by atoms with Gasteiger partial charge in [-0.05, 0) is 93.4 Å². The maximum absolute atomic E-state index is 14.7. The van der Waals surface area contributed by atoms with Crippen LogP contribution in [0.3, 0.4) is 0 Å². The number of rotatable bonds is 5. The lowest BCUT2D eigenvalue weighted by Gasteiger charge is -2.48. The van der Waals surface area contributed by atoms with Crippen molar-refractivity contribution in [2.75, 3.05) is 19.6 Å². The highest BCUT2D eigenvalue weighted by Gasteiger charge is 2.52. The van der Waals surface area contributed by atoms with Crippen LogP contribution in [-0.4, -0.2) is 42.6 Å². The van der Waals surface area contributed by atoms with Crippen LogP contribution in [0, 0.1) is 11.8 Å². The molecule has 4 aliphatic rings. The molecule has 0 radical (unpaired) electrons. The molecule has 1 saturated carbocycles. The lowest BCUT2D eigenvalue weighted by molar-refractivity contribution is -0.143. The zero-order valence-corrected chi connectivity index (χ0v) is 23.5. The third-order valence-corrected chi connectivity index (χ3v) is 10.2. The van der Waals surface area contributed by atoms with Gasteiger partial charge in [-0.15, -0.1) is 0 Å². The van der Waals surface area contributed by atoms with E-state index in [2.05, 4.69) is 72.6 Å². The van der Waals surface area contributed by atoms with Gasteiger partial charge < -0.3 is 15.0 Å². The maximum Gasteiger partial charge on any atom is 0.228 e. The SMILES string of the molecule is CC(C)Oc1cccc2c1CCCC21CNCC1C(=O)N1CCC(c2ccccc2)CC1C1CCCCC1. The number of nitrogens with zero attached hydrogens (tertiary/aromatic N) is 1. The molecule has 204 valence electrons. The summed E-state index contributed by atoms with van der Waals surface area (Å²) in [5.74, 6) is 2.66. The number of carbonyl (C=O) groups excluding carboxylic acids is 1. The van der Waals surface area contributed by atoms with Crippen molar-refractivity contribution < 1.29 is 9.53 Å². The van der Waals surface area contributed by atoms with E-state index >= 15 is 0 Å². The van der Waals surface area contributed by atoms with Crippen LogP contribution >= 0.6 is 0 Å². The molecule has 0 bridgehead atoms. The van der Waals surface area contributed by atoms with Gasteiger partial charge in [0, 0.05) is 31.1 Å². The second-order valence-electron chi connectivity index (χ2n) is 12.8. The second kappa shape index (κ2) is 11.0. The van der Waals surface area contributed by atoms with E-state index in [0.29, 0.717) is 23.8 Å². The minimum atomic E-state index is -0.117. The Hall–Kier alpha value is -2.33. The van der Waals surface area contributed by atoms with Crippen LogP contribution in [0.15, 0.2) is 48.5 Å². The van der Waals surface area contributed by atoms with Crippen molar-refractivity contribution in [3.8, 4) is 5.75 Å². The van der Waals surface area contributed by atoms with Gasteiger partial charge in [0.1, 0.15) is 5.75 Å². The molecular weight excluding hydrogens is 468 g/mol. The number of hydrogen-bond donors (Lipinski definition) is 1. The van der Waals surface area contributed by atoms with Gasteiger partial charge in [-0.2, -0.15) is 0 Å². The van der Waals surface area contributed by atoms with Gasteiger partial charge >= 0.3 is 0 Å². The number of nitrogens with one attached hydrogen (secondary N) is 1. The average molecular weight is 515 g/mol. The molecule has 4 atom stereocenters. The van der Waals surface area contributed by atoms with Crippen molar-refractivity contribution in [2.24, 2.45) is 11.8 Å². The topological polar surface area (TPSA) is 41.6 Å². The molecule has 0 aromatic heterocycles. The van der Waals surface area contributed by atoms with Crippen molar-refractivity contribution >= 4 is 5.91 Å². The van der Waals surface area contributed by atoms with E-state index in [1.165, 1.54) is 48.8 Å². The van der Waals surface area contributed by atoms with Crippen molar-refractivity contribution in [3.63, 3.8) is 0 Å². The van der Waals surface area contributed by atoms with Crippen LogP contribution in [0.5, 0.6) is 5.75 Å². The molecule has 2 saturated heterocycles. The highest BCUT2D eigenvalue weighted by atomic mass is 16.5. The number of carbonyl (C=O) groups is 1. The minimum Gasteiger partial charge on any atom is -0.491 e. The lowest BCUT2D eigenvalue weighted by Crippen LogP contribution is -2.55. The molecule has 2 heterocycles. The number of piperidine rings is 1. The molecule has 38 heavy (non-hydrogen) atoms. The highest BCUT2D eigenvalue weighted by molar-refractivity contribution is 5.82. The lowest BCUT2D eigenvalue weighted by atomic mass is 9.63. The summed E-state index contributed by atoms with van der Waals surface area (Å²) in [6.07, 6.45) is 12.2. The summed E-state index contributed by atoms with van der Waals surface area (Å²) in [6.45, 7) is 6.80. The summed E-state index contributed by atoms with van der Waals surface area (Å²) < 4.78 is 6.26. The molecule has 1 N–H and O–H groups in total. The third kappa shape index (κ3) is 4.78. The van der Waals surface area contributed by atoms with Crippen LogP contribution in [0.25, 0.3) is 0 Å². The average Bonchev–Trinajstić information content (AvgIpc) is 3.37. The van der Waals surface area contributed by atoms with Crippen molar-refractivity contribution in [1.29, 1.82) is 0 Å². The highest BCUT2D eigenvalue weighted by Crippen LogP contribution is 2.49. The number of benzene rings is 2. The number of likely N-dealkylation sites (tertiary alicyclic amines) is 1. The molecule has 4 nitrogen and oxygen atoms in total. The summed E-state index contributed by atoms with van der Waals surface area (Å²) in [7, 11) is 0. The van der Waals surface area contributed by atoms with E-state index in [1.807, 2.05) is 0 Å². The Morgan fingerprint density at radius 2 is 1.82 bits per heavy atom. The van der Waals surface area contributed by atoms with Gasteiger partial charge in [0.15, 0.2) is 0 Å². The minimum absolute atomic E-state index is 0.00946. The molecule has 4 unspecified atom stereocenters. The Bertz CT molecular complexity index is 1110. The van der Waals surface area contributed by atoms with Gasteiger partial charge in [-0.3, -0.25) is 4.79 Å². The Balaban J connectivity index is 1.31. The first kappa shape index (κ1) is 25.9. The Labute approximate surface area is 229 Å². The Morgan fingerprint density at radius 3 is 2.61 bits per heavy atom. The maximum atomic E-state index is 14.7. The first-order chi connectivity index (χ1) is 18.6. The Morgan fingerprint density at radius 1 is 1.00 bits per heavy atom. The molecule has 2 aliphatic carbocycles. The second-order valence-corrected chi connectivity index (χ2v) is 12.8. The van der Waals surface area contributed by atoms with E-state index in [4.69, 9.17) is 4.74 Å². The summed E-state index contributed by atoms with van der Waals surface area (Å²) >= 11 is 0. The molecule has 6 rings (SSSR count). The van der Waals surface area contributed by atoms with Gasteiger partial charge in [0.2, 0.25) is 5.91 Å². The molecule has 1 amide bonds. The van der Waals surface area contributed by atoms with E-state index in [1.54, 1.807) is 0 Å². The van der Waals surface area contributed by atoms with Crippen LogP contribution in [0.2, 0.25) is 0 Å². The summed E-state index contributed by atoms with van der Waals surface area (Å²) in [6, 6.07) is 18.0. The number of fused-ring (bicyclic) bond motifs is 2. The van der Waals surface area contributed by atoms with Crippen LogP contribution < -0.4 is 10.1 Å². The van der Waals surface area contributed by atoms with Crippen molar-refractivity contribution in [2.45, 2.75) is 102 Å². The first-order valence-electron chi connectivity index (χ1n) is 15.4. The first-order valence-corrected chi connectivity index (χ1v) is 15.4. The predicted molar refractivity (Wildman–Crippen MR) is 154 cm³/mol. The molecule has 2 aromatic carbocycles. The molecule has 1 spiro atoms. The van der Waals surface area contributed by atoms with Crippen molar-refractivity contribution in [1.82, 2.24) is 10.2 Å². The van der Waals surface area contributed by atoms with Gasteiger partial charge in [-0.1, -0.05) is 61.7 Å². The van der Waals surface area contributed by atoms with E-state index in [-0.39, 0.29) is 17.4 Å². The van der Waals surface area contributed by atoms with Crippen LogP contribution in [-0.2, 0) is 16.6 Å². The summed E-state index contributed by atoms with van der Waals surface area (Å²) in [5, 5.41) is 3.69. The molecule has 4 heteroatoms. The largest absolute Gasteiger partial charge is 0.491 e. The fourth-order valence-electron chi connectivity index (χ4n) is 8.46. The molecule has 2 aromatic rings. The van der Waals surface area contributed by atoms with Crippen molar-refractivity contribution in [3.05, 3.63) is 65.2 Å². The smallest absolute Gasteiger partial charge is 0.228 e. The number of hydrogen-bond acceptors (Lipinski definition) is 3. The fraction of sp³-hybridized carbons (Fsp3) is 0.618. The fourth-order valence-corrected chi connectivity index (χ4v) is 8.46. The normalized spacial score (nSPS) is 30.0. The van der Waals surface area contributed by atoms with Gasteiger partial charge in [-0.25, -0.2) is 0 Å². The Kier molecular flexibility index (Phi) is 7.53. The monoisotopic (exact) mass is 514 g/mol. The predicted octanol–water partition coefficient (Wildman–Crippen LogP) is 6.62. The number of amides is 1. The third-order valence-electron chi connectivity index (χ3n) is 10.2. The molecule has 3 fully saturated rings. The molecule has 2 aliphatic heterocycles. The van der Waals surface area contributed by atoms with Crippen LogP contribution in [0.1, 0.15) is 94.2 Å². The van der Waals surface area contributed by atoms with E-state index in [9.17, 15) is 4.79 Å². The van der Waals surface area contributed by atoms with E-state index < -0.39 is 0 Å². The zero-order chi connectivity index (χ0) is 26.1. The van der Waals surface area contributed by atoms with Gasteiger partial charge in [0.05, 0.1) is 12.0 Å². The quantitative estimate of drug-likeness (QED) is 0.487. The summed E-state index contributed by atoms with van der Waals surface area (Å²) in [4.78, 5) is 17.1. The zero-order valence-electron chi connectivity index (χ0n) is 23.5.